The fourth-order valence-corrected chi connectivity index (χ4v) is 8.66. The van der Waals surface area contributed by atoms with Crippen molar-refractivity contribution >= 4 is 15.9 Å². The summed E-state index contributed by atoms with van der Waals surface area (Å²) in [7, 11) is -3.07. The first kappa shape index (κ1) is 24.9. The molecule has 9 heteroatoms. The van der Waals surface area contributed by atoms with Crippen LogP contribution in [0.25, 0.3) is 0 Å². The van der Waals surface area contributed by atoms with Gasteiger partial charge in [-0.15, -0.1) is 0 Å². The number of carbonyl (C=O) groups excluding carboxylic acids is 1. The number of carbonyl (C=O) groups is 1. The molecule has 6 rings (SSSR count). The van der Waals surface area contributed by atoms with Crippen molar-refractivity contribution in [2.45, 2.75) is 44.3 Å². The van der Waals surface area contributed by atoms with Gasteiger partial charge in [0.1, 0.15) is 6.33 Å². The van der Waals surface area contributed by atoms with Gasteiger partial charge in [0.15, 0.2) is 0 Å². The third-order valence-corrected chi connectivity index (χ3v) is 11.4. The molecule has 4 aliphatic rings. The Bertz CT molecular complexity index is 1230. The van der Waals surface area contributed by atoms with Crippen LogP contribution >= 0.6 is 0 Å². The second-order valence-electron chi connectivity index (χ2n) is 11.5. The third-order valence-electron chi connectivity index (χ3n) is 9.02. The van der Waals surface area contributed by atoms with Gasteiger partial charge < -0.3 is 9.80 Å². The van der Waals surface area contributed by atoms with E-state index in [9.17, 15) is 13.2 Å². The number of aryl methyl sites for hydroxylation is 2. The highest BCUT2D eigenvalue weighted by Gasteiger charge is 2.47. The molecule has 1 unspecified atom stereocenters. The molecule has 8 nitrogen and oxygen atoms in total. The molecule has 1 amide bonds. The standard InChI is InChI=1S/C28H37N5O3S/c1-19-27(20(2)30-18-29-19)28(34)32-14-22-12-31(13-23(22)15-32)11-10-26(21-6-4-3-5-7-21)24-16-33(17-24)37(35,36)25-8-9-25/h3-7,18,22-26H,8-17H2,1-2H3/t22-,23+,26?. The Hall–Kier alpha value is -2.36. The molecule has 3 aliphatic heterocycles. The van der Waals surface area contributed by atoms with Crippen molar-refractivity contribution in [3.05, 3.63) is 59.2 Å². The van der Waals surface area contributed by atoms with E-state index in [1.807, 2.05) is 24.8 Å². The van der Waals surface area contributed by atoms with Crippen LogP contribution in [0.2, 0.25) is 0 Å². The minimum Gasteiger partial charge on any atom is -0.338 e. The number of rotatable bonds is 8. The summed E-state index contributed by atoms with van der Waals surface area (Å²) in [6.45, 7) is 9.72. The number of benzene rings is 1. The van der Waals surface area contributed by atoms with Crippen LogP contribution in [0.1, 0.15) is 52.5 Å². The average Bonchev–Trinajstić information content (AvgIpc) is 3.54. The summed E-state index contributed by atoms with van der Waals surface area (Å²) >= 11 is 0. The van der Waals surface area contributed by atoms with Crippen molar-refractivity contribution in [1.29, 1.82) is 0 Å². The SMILES string of the molecule is Cc1ncnc(C)c1C(=O)N1C[C@H]2CN(CCC(c3ccccc3)C3CN(S(=O)(=O)C4CC4)C3)C[C@H]2C1. The summed E-state index contributed by atoms with van der Waals surface area (Å²) in [6, 6.07) is 10.6. The largest absolute Gasteiger partial charge is 0.338 e. The van der Waals surface area contributed by atoms with Crippen LogP contribution in [0.15, 0.2) is 36.7 Å². The lowest BCUT2D eigenvalue weighted by Crippen LogP contribution is -2.53. The molecule has 0 spiro atoms. The first-order valence-corrected chi connectivity index (χ1v) is 15.2. The highest BCUT2D eigenvalue weighted by Crippen LogP contribution is 2.41. The van der Waals surface area contributed by atoms with Crippen molar-refractivity contribution in [1.82, 2.24) is 24.1 Å². The topological polar surface area (TPSA) is 86.7 Å². The van der Waals surface area contributed by atoms with Gasteiger partial charge in [0.05, 0.1) is 22.2 Å². The number of hydrogen-bond acceptors (Lipinski definition) is 6. The summed E-state index contributed by atoms with van der Waals surface area (Å²) in [5.74, 6) is 1.83. The number of nitrogens with zero attached hydrogens (tertiary/aromatic N) is 5. The fraction of sp³-hybridized carbons (Fsp3) is 0.607. The van der Waals surface area contributed by atoms with E-state index in [0.29, 0.717) is 42.3 Å². The number of hydrogen-bond donors (Lipinski definition) is 0. The number of likely N-dealkylation sites (tertiary alicyclic amines) is 2. The number of fused-ring (bicyclic) bond motifs is 1. The predicted octanol–water partition coefficient (Wildman–Crippen LogP) is 2.70. The highest BCUT2D eigenvalue weighted by atomic mass is 32.2. The highest BCUT2D eigenvalue weighted by molar-refractivity contribution is 7.90. The Kier molecular flexibility index (Phi) is 6.57. The molecule has 1 aromatic carbocycles. The van der Waals surface area contributed by atoms with E-state index in [4.69, 9.17) is 0 Å². The lowest BCUT2D eigenvalue weighted by Gasteiger charge is -2.43. The average molecular weight is 524 g/mol. The van der Waals surface area contributed by atoms with Crippen molar-refractivity contribution in [3.8, 4) is 0 Å². The number of amides is 1. The molecule has 4 fully saturated rings. The van der Waals surface area contributed by atoms with Crippen LogP contribution in [-0.4, -0.2) is 89.5 Å². The number of aromatic nitrogens is 2. The normalized spacial score (nSPS) is 25.7. The number of sulfonamides is 1. The summed E-state index contributed by atoms with van der Waals surface area (Å²) in [5, 5.41) is -0.124. The molecule has 1 aromatic heterocycles. The minimum atomic E-state index is -3.07. The maximum Gasteiger partial charge on any atom is 0.257 e. The van der Waals surface area contributed by atoms with Gasteiger partial charge in [0, 0.05) is 39.3 Å². The Morgan fingerprint density at radius 2 is 1.57 bits per heavy atom. The molecule has 4 heterocycles. The summed E-state index contributed by atoms with van der Waals surface area (Å²) in [5.41, 5.74) is 3.48. The van der Waals surface area contributed by atoms with Gasteiger partial charge >= 0.3 is 0 Å². The summed E-state index contributed by atoms with van der Waals surface area (Å²) in [6.07, 6.45) is 4.20. The van der Waals surface area contributed by atoms with Crippen LogP contribution in [-0.2, 0) is 10.0 Å². The predicted molar refractivity (Wildman–Crippen MR) is 142 cm³/mol. The zero-order valence-corrected chi connectivity index (χ0v) is 22.6. The van der Waals surface area contributed by atoms with E-state index >= 15 is 0 Å². The Morgan fingerprint density at radius 3 is 2.16 bits per heavy atom. The maximum atomic E-state index is 13.2. The molecule has 37 heavy (non-hydrogen) atoms. The van der Waals surface area contributed by atoms with Gasteiger partial charge in [-0.1, -0.05) is 30.3 Å². The first-order chi connectivity index (χ1) is 17.8. The fourth-order valence-electron chi connectivity index (χ4n) is 6.70. The van der Waals surface area contributed by atoms with Gasteiger partial charge in [-0.3, -0.25) is 4.79 Å². The zero-order valence-electron chi connectivity index (χ0n) is 21.8. The molecule has 1 saturated carbocycles. The molecular formula is C28H37N5O3S. The quantitative estimate of drug-likeness (QED) is 0.529. The van der Waals surface area contributed by atoms with Gasteiger partial charge in [-0.05, 0) is 68.9 Å². The van der Waals surface area contributed by atoms with Crippen molar-refractivity contribution in [3.63, 3.8) is 0 Å². The minimum absolute atomic E-state index is 0.0661. The lowest BCUT2D eigenvalue weighted by molar-refractivity contribution is 0.0770. The molecule has 198 valence electrons. The Balaban J connectivity index is 1.05. The van der Waals surface area contributed by atoms with Crippen LogP contribution < -0.4 is 0 Å². The summed E-state index contributed by atoms with van der Waals surface area (Å²) in [4.78, 5) is 26.2. The van der Waals surface area contributed by atoms with Crippen LogP contribution in [0, 0.1) is 31.6 Å². The van der Waals surface area contributed by atoms with E-state index in [2.05, 4.69) is 39.1 Å². The molecule has 3 atom stereocenters. The zero-order chi connectivity index (χ0) is 25.7. The monoisotopic (exact) mass is 523 g/mol. The molecule has 2 aromatic rings. The Labute approximate surface area is 220 Å². The molecule has 1 aliphatic carbocycles. The van der Waals surface area contributed by atoms with E-state index < -0.39 is 10.0 Å². The molecule has 0 bridgehead atoms. The smallest absolute Gasteiger partial charge is 0.257 e. The molecule has 0 radical (unpaired) electrons. The second-order valence-corrected chi connectivity index (χ2v) is 13.7. The summed E-state index contributed by atoms with van der Waals surface area (Å²) < 4.78 is 27.0. The van der Waals surface area contributed by atoms with Gasteiger partial charge in [0.2, 0.25) is 10.0 Å². The third kappa shape index (κ3) is 4.81. The van der Waals surface area contributed by atoms with Crippen LogP contribution in [0.5, 0.6) is 0 Å². The Morgan fingerprint density at radius 1 is 0.946 bits per heavy atom. The maximum absolute atomic E-state index is 13.2. The van der Waals surface area contributed by atoms with Crippen LogP contribution in [0.4, 0.5) is 0 Å². The molecule has 0 N–H and O–H groups in total. The van der Waals surface area contributed by atoms with Gasteiger partial charge in [-0.2, -0.15) is 0 Å². The molecular weight excluding hydrogens is 486 g/mol. The van der Waals surface area contributed by atoms with Crippen LogP contribution in [0.3, 0.4) is 0 Å². The van der Waals surface area contributed by atoms with E-state index in [0.717, 1.165) is 63.4 Å². The lowest BCUT2D eigenvalue weighted by atomic mass is 9.80. The second kappa shape index (κ2) is 9.75. The van der Waals surface area contributed by atoms with E-state index in [-0.39, 0.29) is 11.2 Å². The van der Waals surface area contributed by atoms with Gasteiger partial charge in [-0.25, -0.2) is 22.7 Å². The van der Waals surface area contributed by atoms with Gasteiger partial charge in [0.25, 0.3) is 5.91 Å². The van der Waals surface area contributed by atoms with E-state index in [1.165, 1.54) is 11.9 Å². The van der Waals surface area contributed by atoms with Crippen molar-refractivity contribution in [2.24, 2.45) is 17.8 Å². The van der Waals surface area contributed by atoms with E-state index in [1.54, 1.807) is 4.31 Å². The van der Waals surface area contributed by atoms with Crippen molar-refractivity contribution in [2.75, 3.05) is 45.8 Å². The van der Waals surface area contributed by atoms with Crippen molar-refractivity contribution < 1.29 is 13.2 Å². The first-order valence-electron chi connectivity index (χ1n) is 13.6. The molecule has 3 saturated heterocycles.